The number of halogens is 3. The van der Waals surface area contributed by atoms with Gasteiger partial charge < -0.3 is 15.5 Å². The molecule has 0 saturated heterocycles. The molecular weight excluding hydrogens is 323 g/mol. The molecule has 0 bridgehead atoms. The Bertz CT molecular complexity index is 872. The van der Waals surface area contributed by atoms with Crippen molar-refractivity contribution in [3.8, 4) is 5.75 Å². The molecular formula is C16H12F3N3O2. The van der Waals surface area contributed by atoms with E-state index in [2.05, 4.69) is 9.97 Å². The van der Waals surface area contributed by atoms with Gasteiger partial charge in [0.2, 0.25) is 6.10 Å². The second-order valence-electron chi connectivity index (χ2n) is 5.10. The van der Waals surface area contributed by atoms with Gasteiger partial charge in [0.15, 0.2) is 0 Å². The Morgan fingerprint density at radius 1 is 1.17 bits per heavy atom. The van der Waals surface area contributed by atoms with E-state index < -0.39 is 23.8 Å². The Balaban J connectivity index is 1.87. The van der Waals surface area contributed by atoms with Gasteiger partial charge in [-0.25, -0.2) is 4.98 Å². The summed E-state index contributed by atoms with van der Waals surface area (Å²) < 4.78 is 43.2. The maximum absolute atomic E-state index is 12.6. The van der Waals surface area contributed by atoms with E-state index in [4.69, 9.17) is 10.5 Å². The van der Waals surface area contributed by atoms with E-state index in [-0.39, 0.29) is 5.75 Å². The van der Waals surface area contributed by atoms with E-state index in [1.165, 1.54) is 6.33 Å². The van der Waals surface area contributed by atoms with Gasteiger partial charge >= 0.3 is 6.18 Å². The molecule has 3 N–H and O–H groups in total. The third kappa shape index (κ3) is 3.17. The fourth-order valence-corrected chi connectivity index (χ4v) is 2.27. The zero-order valence-corrected chi connectivity index (χ0v) is 12.2. The van der Waals surface area contributed by atoms with Crippen molar-refractivity contribution in [2.45, 2.75) is 12.3 Å². The number of carbonyl (C=O) groups excluding carboxylic acids is 1. The molecule has 8 heteroatoms. The number of H-pyrrole nitrogens is 1. The number of rotatable bonds is 4. The molecule has 1 atom stereocenters. The Hall–Kier alpha value is -3.03. The Kier molecular flexibility index (Phi) is 3.88. The lowest BCUT2D eigenvalue weighted by Gasteiger charge is -2.17. The summed E-state index contributed by atoms with van der Waals surface area (Å²) in [6.07, 6.45) is -4.06. The number of alkyl halides is 3. The number of primary amides is 1. The van der Waals surface area contributed by atoms with Crippen LogP contribution >= 0.6 is 0 Å². The first-order valence-corrected chi connectivity index (χ1v) is 6.91. The number of aromatic amines is 1. The fourth-order valence-electron chi connectivity index (χ4n) is 2.27. The largest absolute Gasteiger partial charge is 0.476 e. The van der Waals surface area contributed by atoms with Crippen LogP contribution < -0.4 is 10.5 Å². The molecule has 0 aliphatic rings. The summed E-state index contributed by atoms with van der Waals surface area (Å²) in [7, 11) is 0. The summed E-state index contributed by atoms with van der Waals surface area (Å²) in [4.78, 5) is 18.7. The molecule has 1 aromatic heterocycles. The summed E-state index contributed by atoms with van der Waals surface area (Å²) in [5.41, 5.74) is 6.43. The van der Waals surface area contributed by atoms with Crippen molar-refractivity contribution in [3.63, 3.8) is 0 Å². The lowest BCUT2D eigenvalue weighted by Crippen LogP contribution is -2.26. The maximum Gasteiger partial charge on any atom is 0.416 e. The number of nitrogens with two attached hydrogens (primary N) is 1. The van der Waals surface area contributed by atoms with Gasteiger partial charge in [-0.05, 0) is 36.4 Å². The second kappa shape index (κ2) is 5.88. The molecule has 5 nitrogen and oxygen atoms in total. The van der Waals surface area contributed by atoms with Gasteiger partial charge in [0.25, 0.3) is 5.91 Å². The predicted molar refractivity (Wildman–Crippen MR) is 80.1 cm³/mol. The van der Waals surface area contributed by atoms with Crippen LogP contribution in [0.1, 0.15) is 17.2 Å². The van der Waals surface area contributed by atoms with Gasteiger partial charge in [-0.15, -0.1) is 0 Å². The first-order chi connectivity index (χ1) is 11.3. The van der Waals surface area contributed by atoms with Crippen LogP contribution in [0.15, 0.2) is 48.8 Å². The minimum Gasteiger partial charge on any atom is -0.476 e. The number of nitrogens with zero attached hydrogens (tertiary/aromatic N) is 1. The third-order valence-electron chi connectivity index (χ3n) is 3.44. The zero-order valence-electron chi connectivity index (χ0n) is 12.2. The van der Waals surface area contributed by atoms with E-state index in [1.54, 1.807) is 18.2 Å². The van der Waals surface area contributed by atoms with Crippen LogP contribution in [0.3, 0.4) is 0 Å². The number of imidazole rings is 1. The first-order valence-electron chi connectivity index (χ1n) is 6.91. The molecule has 0 saturated carbocycles. The second-order valence-corrected chi connectivity index (χ2v) is 5.10. The number of nitrogens with one attached hydrogen (secondary N) is 1. The van der Waals surface area contributed by atoms with Crippen molar-refractivity contribution in [1.29, 1.82) is 0 Å². The molecule has 0 aliphatic carbocycles. The van der Waals surface area contributed by atoms with Crippen molar-refractivity contribution in [3.05, 3.63) is 59.9 Å². The van der Waals surface area contributed by atoms with Crippen LogP contribution in [0.2, 0.25) is 0 Å². The highest BCUT2D eigenvalue weighted by atomic mass is 19.4. The predicted octanol–water partition coefficient (Wildman–Crippen LogP) is 3.19. The van der Waals surface area contributed by atoms with Crippen LogP contribution in [-0.4, -0.2) is 15.9 Å². The zero-order chi connectivity index (χ0) is 17.3. The highest BCUT2D eigenvalue weighted by molar-refractivity contribution is 5.83. The molecule has 1 unspecified atom stereocenters. The molecule has 124 valence electrons. The number of carbonyl (C=O) groups is 1. The average Bonchev–Trinajstić information content (AvgIpc) is 2.99. The summed E-state index contributed by atoms with van der Waals surface area (Å²) in [6, 6.07) is 9.02. The summed E-state index contributed by atoms with van der Waals surface area (Å²) >= 11 is 0. The fraction of sp³-hybridized carbons (Fsp3) is 0.125. The van der Waals surface area contributed by atoms with Gasteiger partial charge in [-0.1, -0.05) is 6.07 Å². The van der Waals surface area contributed by atoms with E-state index in [0.717, 1.165) is 24.3 Å². The SMILES string of the molecule is NC(=O)C(Oc1ccc(C(F)(F)F)cc1)c1ccc2nc[nH]c2c1. The lowest BCUT2D eigenvalue weighted by atomic mass is 10.1. The highest BCUT2D eigenvalue weighted by Gasteiger charge is 2.30. The summed E-state index contributed by atoms with van der Waals surface area (Å²) in [5.74, 6) is -0.648. The summed E-state index contributed by atoms with van der Waals surface area (Å²) in [6.45, 7) is 0. The van der Waals surface area contributed by atoms with E-state index in [1.807, 2.05) is 0 Å². The number of ether oxygens (including phenoxy) is 1. The number of amides is 1. The van der Waals surface area contributed by atoms with Gasteiger partial charge in [-0.2, -0.15) is 13.2 Å². The monoisotopic (exact) mass is 335 g/mol. The van der Waals surface area contributed by atoms with Gasteiger partial charge in [0.1, 0.15) is 5.75 Å². The Morgan fingerprint density at radius 3 is 2.50 bits per heavy atom. The van der Waals surface area contributed by atoms with Crippen molar-refractivity contribution in [2.75, 3.05) is 0 Å². The van der Waals surface area contributed by atoms with Gasteiger partial charge in [-0.3, -0.25) is 4.79 Å². The molecule has 0 radical (unpaired) electrons. The molecule has 0 spiro atoms. The van der Waals surface area contributed by atoms with Crippen LogP contribution in [-0.2, 0) is 11.0 Å². The molecule has 1 heterocycles. The van der Waals surface area contributed by atoms with Crippen molar-refractivity contribution >= 4 is 16.9 Å². The molecule has 1 amide bonds. The molecule has 3 rings (SSSR count). The van der Waals surface area contributed by atoms with Gasteiger partial charge in [0.05, 0.1) is 22.9 Å². The number of hydrogen-bond donors (Lipinski definition) is 2. The number of aromatic nitrogens is 2. The molecule has 3 aromatic rings. The Morgan fingerprint density at radius 2 is 1.88 bits per heavy atom. The summed E-state index contributed by atoms with van der Waals surface area (Å²) in [5, 5.41) is 0. The van der Waals surface area contributed by atoms with Crippen LogP contribution in [0, 0.1) is 0 Å². The standard InChI is InChI=1S/C16H12F3N3O2/c17-16(18,19)10-2-4-11(5-3-10)24-14(15(20)23)9-1-6-12-13(7-9)22-8-21-12/h1-8,14H,(H2,20,23)(H,21,22). The van der Waals surface area contributed by atoms with Gasteiger partial charge in [0, 0.05) is 5.56 Å². The molecule has 24 heavy (non-hydrogen) atoms. The quantitative estimate of drug-likeness (QED) is 0.768. The normalized spacial score (nSPS) is 13.0. The van der Waals surface area contributed by atoms with Crippen molar-refractivity contribution < 1.29 is 22.7 Å². The van der Waals surface area contributed by atoms with E-state index >= 15 is 0 Å². The van der Waals surface area contributed by atoms with E-state index in [0.29, 0.717) is 16.6 Å². The lowest BCUT2D eigenvalue weighted by molar-refractivity contribution is -0.137. The molecule has 2 aromatic carbocycles. The topological polar surface area (TPSA) is 81.0 Å². The number of hydrogen-bond acceptors (Lipinski definition) is 3. The highest BCUT2D eigenvalue weighted by Crippen LogP contribution is 2.31. The Labute approximate surface area is 134 Å². The number of benzene rings is 2. The van der Waals surface area contributed by atoms with Crippen molar-refractivity contribution in [2.24, 2.45) is 5.73 Å². The molecule has 0 fully saturated rings. The minimum absolute atomic E-state index is 0.108. The maximum atomic E-state index is 12.6. The first kappa shape index (κ1) is 15.9. The average molecular weight is 335 g/mol. The van der Waals surface area contributed by atoms with Crippen LogP contribution in [0.25, 0.3) is 11.0 Å². The minimum atomic E-state index is -4.44. The van der Waals surface area contributed by atoms with Crippen molar-refractivity contribution in [1.82, 2.24) is 9.97 Å². The van der Waals surface area contributed by atoms with E-state index in [9.17, 15) is 18.0 Å². The van der Waals surface area contributed by atoms with Crippen LogP contribution in [0.4, 0.5) is 13.2 Å². The molecule has 0 aliphatic heterocycles. The smallest absolute Gasteiger partial charge is 0.416 e. The number of fused-ring (bicyclic) bond motifs is 1. The third-order valence-corrected chi connectivity index (χ3v) is 3.44. The van der Waals surface area contributed by atoms with Crippen LogP contribution in [0.5, 0.6) is 5.75 Å².